The molecule has 1 aliphatic heterocycles. The lowest BCUT2D eigenvalue weighted by atomic mass is 9.45. The van der Waals surface area contributed by atoms with Gasteiger partial charge >= 0.3 is 0 Å². The first-order valence-corrected chi connectivity index (χ1v) is 23.1. The van der Waals surface area contributed by atoms with Crippen molar-refractivity contribution in [1.29, 1.82) is 0 Å². The third kappa shape index (κ3) is 7.35. The van der Waals surface area contributed by atoms with Crippen LogP contribution in [-0.2, 0) is 4.74 Å². The summed E-state index contributed by atoms with van der Waals surface area (Å²) >= 11 is 0. The van der Waals surface area contributed by atoms with Gasteiger partial charge in [0.1, 0.15) is 0 Å². The Morgan fingerprint density at radius 3 is 1.73 bits per heavy atom. The topological polar surface area (TPSA) is 9.23 Å². The van der Waals surface area contributed by atoms with Crippen molar-refractivity contribution in [3.63, 3.8) is 0 Å². The molecule has 6 fully saturated rings. The average Bonchev–Trinajstić information content (AvgIpc) is 3.21. The molecule has 49 heavy (non-hydrogen) atoms. The molecule has 1 heterocycles. The van der Waals surface area contributed by atoms with Crippen LogP contribution in [0.25, 0.3) is 0 Å². The molecule has 0 bridgehead atoms. The van der Waals surface area contributed by atoms with E-state index in [0.29, 0.717) is 12.0 Å². The Kier molecular flexibility index (Phi) is 11.7. The zero-order valence-corrected chi connectivity index (χ0v) is 32.5. The van der Waals surface area contributed by atoms with Crippen LogP contribution < -0.4 is 0 Å². The molecule has 0 aromatic rings. The maximum absolute atomic E-state index is 6.90. The first-order chi connectivity index (χ1) is 24.1. The minimum atomic E-state index is 0.344. The molecule has 0 amide bonds. The van der Waals surface area contributed by atoms with Gasteiger partial charge in [-0.05, 0) is 194 Å². The first kappa shape index (κ1) is 35.5. The van der Waals surface area contributed by atoms with E-state index in [9.17, 15) is 0 Å². The van der Waals surface area contributed by atoms with Crippen molar-refractivity contribution in [2.24, 2.45) is 76.9 Å². The van der Waals surface area contributed by atoms with Crippen molar-refractivity contribution >= 4 is 0 Å². The highest BCUT2D eigenvalue weighted by Crippen LogP contribution is 2.62. The van der Waals surface area contributed by atoms with E-state index >= 15 is 0 Å². The number of hydrogen-bond donors (Lipinski definition) is 0. The van der Waals surface area contributed by atoms with E-state index in [4.69, 9.17) is 4.74 Å². The van der Waals surface area contributed by atoms with Gasteiger partial charge in [-0.3, -0.25) is 0 Å². The zero-order chi connectivity index (χ0) is 33.3. The molecule has 7 aliphatic carbocycles. The van der Waals surface area contributed by atoms with Crippen LogP contribution in [0.1, 0.15) is 187 Å². The summed E-state index contributed by atoms with van der Waals surface area (Å²) in [4.78, 5) is 0. The molecule has 1 saturated heterocycles. The van der Waals surface area contributed by atoms with E-state index in [1.807, 2.05) is 11.1 Å². The van der Waals surface area contributed by atoms with E-state index in [0.717, 1.165) is 77.6 Å². The molecular weight excluding hydrogens is 593 g/mol. The quantitative estimate of drug-likeness (QED) is 0.265. The fourth-order valence-corrected chi connectivity index (χ4v) is 15.9. The third-order valence-electron chi connectivity index (χ3n) is 17.8. The van der Waals surface area contributed by atoms with Gasteiger partial charge in [-0.2, -0.15) is 0 Å². The first-order valence-electron chi connectivity index (χ1n) is 23.1. The van der Waals surface area contributed by atoms with Crippen molar-refractivity contribution in [2.75, 3.05) is 6.61 Å². The van der Waals surface area contributed by atoms with Gasteiger partial charge < -0.3 is 4.74 Å². The van der Waals surface area contributed by atoms with Crippen LogP contribution in [0.15, 0.2) is 23.3 Å². The van der Waals surface area contributed by atoms with Crippen LogP contribution in [0, 0.1) is 76.9 Å². The fourth-order valence-electron chi connectivity index (χ4n) is 15.9. The Morgan fingerprint density at radius 1 is 0.531 bits per heavy atom. The molecule has 13 unspecified atom stereocenters. The Morgan fingerprint density at radius 2 is 1.06 bits per heavy atom. The molecular formula is C48H78O. The van der Waals surface area contributed by atoms with Crippen LogP contribution >= 0.6 is 0 Å². The summed E-state index contributed by atoms with van der Waals surface area (Å²) in [5.41, 5.74) is 5.45. The van der Waals surface area contributed by atoms with Gasteiger partial charge in [-0.25, -0.2) is 0 Å². The number of rotatable bonds is 5. The molecule has 0 radical (unpaired) electrons. The largest absolute Gasteiger partial charge is 0.378 e. The molecule has 276 valence electrons. The predicted octanol–water partition coefficient (Wildman–Crippen LogP) is 13.9. The molecule has 0 aromatic carbocycles. The molecule has 0 spiro atoms. The molecule has 1 nitrogen and oxygen atoms in total. The van der Waals surface area contributed by atoms with E-state index in [1.165, 1.54) is 102 Å². The lowest BCUT2D eigenvalue weighted by Gasteiger charge is -2.60. The summed E-state index contributed by atoms with van der Waals surface area (Å²) in [5, 5.41) is 0. The van der Waals surface area contributed by atoms with Crippen LogP contribution in [0.4, 0.5) is 0 Å². The van der Waals surface area contributed by atoms with E-state index in [1.54, 1.807) is 77.0 Å². The highest BCUT2D eigenvalue weighted by atomic mass is 16.5. The maximum Gasteiger partial charge on any atom is 0.0612 e. The van der Waals surface area contributed by atoms with Crippen molar-refractivity contribution in [1.82, 2.24) is 0 Å². The van der Waals surface area contributed by atoms with Gasteiger partial charge in [0.05, 0.1) is 12.7 Å². The Hall–Kier alpha value is -0.560. The van der Waals surface area contributed by atoms with Gasteiger partial charge in [0.2, 0.25) is 0 Å². The minimum Gasteiger partial charge on any atom is -0.378 e. The summed E-state index contributed by atoms with van der Waals surface area (Å²) < 4.78 is 6.90. The zero-order valence-electron chi connectivity index (χ0n) is 32.5. The number of ether oxygens (including phenoxy) is 1. The summed E-state index contributed by atoms with van der Waals surface area (Å²) in [6.07, 6.45) is 40.9. The van der Waals surface area contributed by atoms with Crippen molar-refractivity contribution < 1.29 is 4.74 Å². The SMILES string of the molecule is C=C1CCCC(C2C3CCCCC3C(C3CCCC(C4CCCC(C5CCCC6=C5CCCC6)C4)C3)[C@@H]3CCCCC23)COC(C)C1CC. The van der Waals surface area contributed by atoms with E-state index in [-0.39, 0.29) is 0 Å². The number of hydrogen-bond acceptors (Lipinski definition) is 1. The van der Waals surface area contributed by atoms with Crippen molar-refractivity contribution in [2.45, 2.75) is 193 Å². The predicted molar refractivity (Wildman–Crippen MR) is 207 cm³/mol. The molecule has 1 heteroatoms. The van der Waals surface area contributed by atoms with Crippen LogP contribution in [0.5, 0.6) is 0 Å². The molecule has 0 N–H and O–H groups in total. The molecule has 5 saturated carbocycles. The molecule has 14 atom stereocenters. The minimum absolute atomic E-state index is 0.344. The Bertz CT molecular complexity index is 1100. The van der Waals surface area contributed by atoms with Gasteiger partial charge in [0, 0.05) is 5.92 Å². The lowest BCUT2D eigenvalue weighted by molar-refractivity contribution is -0.126. The van der Waals surface area contributed by atoms with Gasteiger partial charge in [-0.15, -0.1) is 0 Å². The Labute approximate surface area is 304 Å². The second-order valence-electron chi connectivity index (χ2n) is 20.0. The monoisotopic (exact) mass is 671 g/mol. The van der Waals surface area contributed by atoms with E-state index < -0.39 is 0 Å². The lowest BCUT2D eigenvalue weighted by Crippen LogP contribution is -2.54. The van der Waals surface area contributed by atoms with Crippen LogP contribution in [0.3, 0.4) is 0 Å². The second-order valence-corrected chi connectivity index (χ2v) is 20.0. The van der Waals surface area contributed by atoms with Crippen molar-refractivity contribution in [3.8, 4) is 0 Å². The van der Waals surface area contributed by atoms with Gasteiger partial charge in [-0.1, -0.05) is 88.0 Å². The van der Waals surface area contributed by atoms with Gasteiger partial charge in [0.15, 0.2) is 0 Å². The third-order valence-corrected chi connectivity index (χ3v) is 17.8. The van der Waals surface area contributed by atoms with Gasteiger partial charge in [0.25, 0.3) is 0 Å². The summed E-state index contributed by atoms with van der Waals surface area (Å²) in [7, 11) is 0. The van der Waals surface area contributed by atoms with Crippen molar-refractivity contribution in [3.05, 3.63) is 23.3 Å². The maximum atomic E-state index is 6.90. The average molecular weight is 671 g/mol. The smallest absolute Gasteiger partial charge is 0.0612 e. The standard InChI is InChI=1S/C48H78O/c1-4-40-32(2)15-11-22-39(31-49-33(40)3)48-45-26-9-7-24-43(45)47(44-25-8-10-27-46(44)48)38-21-13-19-36(30-38)35-18-12-20-37(29-35)42-28-14-17-34-16-5-6-23-41(34)42/h33,35-40,42-48H,2,4-31H2,1,3H3/t33?,35?,36?,37?,38?,39?,40?,42?,43-,44?,45?,46?,47?,48?/m1/s1. The molecule has 8 aliphatic rings. The molecule has 0 aromatic heterocycles. The highest BCUT2D eigenvalue weighted by molar-refractivity contribution is 5.23. The number of fused-ring (bicyclic) bond motifs is 2. The molecule has 8 rings (SSSR count). The summed E-state index contributed by atoms with van der Waals surface area (Å²) in [5.74, 6) is 12.6. The Balaban J connectivity index is 0.996. The van der Waals surface area contributed by atoms with Crippen LogP contribution in [-0.4, -0.2) is 12.7 Å². The second kappa shape index (κ2) is 16.2. The fraction of sp³-hybridized carbons (Fsp3) is 0.917. The summed E-state index contributed by atoms with van der Waals surface area (Å²) in [6, 6.07) is 0. The number of allylic oxidation sites excluding steroid dienone is 2. The van der Waals surface area contributed by atoms with Crippen LogP contribution in [0.2, 0.25) is 0 Å². The summed E-state index contributed by atoms with van der Waals surface area (Å²) in [6.45, 7) is 10.4. The normalized spacial score (nSPS) is 47.2. The highest BCUT2D eigenvalue weighted by Gasteiger charge is 2.55. The van der Waals surface area contributed by atoms with E-state index in [2.05, 4.69) is 20.4 Å².